The molecule has 1 aliphatic carbocycles. The van der Waals surface area contributed by atoms with Crippen molar-refractivity contribution >= 4 is 0 Å². The Morgan fingerprint density at radius 2 is 1.62 bits per heavy atom. The molecular weight excluding hydrogens is 420 g/mol. The van der Waals surface area contributed by atoms with Gasteiger partial charge < -0.3 is 56.8 Å². The van der Waals surface area contributed by atoms with E-state index in [2.05, 4.69) is 5.32 Å². The van der Waals surface area contributed by atoms with Crippen molar-refractivity contribution in [2.24, 2.45) is 23.1 Å². The maximum absolute atomic E-state index is 11.1. The van der Waals surface area contributed by atoms with Gasteiger partial charge >= 0.3 is 0 Å². The highest BCUT2D eigenvalue weighted by atomic mass is 16.7. The van der Waals surface area contributed by atoms with Crippen LogP contribution in [-0.2, 0) is 18.9 Å². The van der Waals surface area contributed by atoms with E-state index in [1.807, 2.05) is 14.0 Å². The second-order valence-electron chi connectivity index (χ2n) is 9.72. The van der Waals surface area contributed by atoms with Crippen molar-refractivity contribution < 1.29 is 34.3 Å². The monoisotopic (exact) mass is 462 g/mol. The highest BCUT2D eigenvalue weighted by molar-refractivity contribution is 5.00. The summed E-state index contributed by atoms with van der Waals surface area (Å²) in [5.74, 6) is -0.440. The predicted molar refractivity (Wildman–Crippen MR) is 116 cm³/mol. The maximum atomic E-state index is 11.1. The number of nitrogens with one attached hydrogen (secondary N) is 1. The van der Waals surface area contributed by atoms with E-state index in [1.165, 1.54) is 0 Å². The van der Waals surface area contributed by atoms with Gasteiger partial charge in [-0.2, -0.15) is 0 Å². The van der Waals surface area contributed by atoms with Crippen molar-refractivity contribution in [2.45, 2.75) is 106 Å². The first kappa shape index (κ1) is 26.2. The third-order valence-corrected chi connectivity index (χ3v) is 7.04. The number of rotatable bonds is 7. The lowest BCUT2D eigenvalue weighted by Gasteiger charge is -2.48. The SMILES string of the molecule is CC[C@@H]1[C@@H](O)[C@@H](O[C@@H]2[C@@H](O)[C@H](O[C@H]3O[C@H](CNC)CC[C@H]3N)[C@@H](N)C[C@H]2N)OC[C@]1(C)O. The van der Waals surface area contributed by atoms with Gasteiger partial charge in [0, 0.05) is 24.5 Å². The quantitative estimate of drug-likeness (QED) is 0.216. The first-order chi connectivity index (χ1) is 15.1. The van der Waals surface area contributed by atoms with Gasteiger partial charge in [0.15, 0.2) is 12.6 Å². The van der Waals surface area contributed by atoms with Crippen molar-refractivity contribution in [1.82, 2.24) is 5.32 Å². The fourth-order valence-corrected chi connectivity index (χ4v) is 5.15. The average molecular weight is 463 g/mol. The molecule has 2 saturated heterocycles. The summed E-state index contributed by atoms with van der Waals surface area (Å²) in [6.07, 6.45) is -3.30. The second kappa shape index (κ2) is 10.9. The van der Waals surface area contributed by atoms with Gasteiger partial charge in [0.25, 0.3) is 0 Å². The van der Waals surface area contributed by atoms with Crippen molar-refractivity contribution in [2.75, 3.05) is 20.2 Å². The molecular formula is C21H42N4O7. The van der Waals surface area contributed by atoms with Crippen LogP contribution in [0.25, 0.3) is 0 Å². The van der Waals surface area contributed by atoms with Gasteiger partial charge in [-0.1, -0.05) is 6.92 Å². The van der Waals surface area contributed by atoms with E-state index in [0.717, 1.165) is 12.8 Å². The number of aliphatic hydroxyl groups is 3. The number of aliphatic hydroxyl groups excluding tert-OH is 2. The highest BCUT2D eigenvalue weighted by Crippen LogP contribution is 2.35. The molecule has 12 atom stereocenters. The van der Waals surface area contributed by atoms with Crippen LogP contribution in [-0.4, -0.2) is 102 Å². The summed E-state index contributed by atoms with van der Waals surface area (Å²) in [7, 11) is 1.85. The third kappa shape index (κ3) is 5.61. The molecule has 0 unspecified atom stereocenters. The highest BCUT2D eigenvalue weighted by Gasteiger charge is 2.50. The summed E-state index contributed by atoms with van der Waals surface area (Å²) in [4.78, 5) is 0. The molecule has 0 spiro atoms. The molecule has 0 aromatic rings. The largest absolute Gasteiger partial charge is 0.388 e. The maximum Gasteiger partial charge on any atom is 0.184 e. The lowest BCUT2D eigenvalue weighted by Crippen LogP contribution is -2.66. The van der Waals surface area contributed by atoms with E-state index in [1.54, 1.807) is 6.92 Å². The normalized spacial score (nSPS) is 50.3. The molecule has 0 radical (unpaired) electrons. The summed E-state index contributed by atoms with van der Waals surface area (Å²) in [6.45, 7) is 4.17. The van der Waals surface area contributed by atoms with Crippen LogP contribution in [0.5, 0.6) is 0 Å². The van der Waals surface area contributed by atoms with Crippen LogP contribution in [0.4, 0.5) is 0 Å². The smallest absolute Gasteiger partial charge is 0.184 e. The second-order valence-corrected chi connectivity index (χ2v) is 9.72. The van der Waals surface area contributed by atoms with Gasteiger partial charge in [0.1, 0.15) is 24.4 Å². The molecule has 32 heavy (non-hydrogen) atoms. The summed E-state index contributed by atoms with van der Waals surface area (Å²) in [6, 6.07) is -1.47. The molecule has 188 valence electrons. The lowest BCUT2D eigenvalue weighted by molar-refractivity contribution is -0.315. The van der Waals surface area contributed by atoms with E-state index in [0.29, 0.717) is 19.4 Å². The van der Waals surface area contributed by atoms with Crippen LogP contribution in [0.2, 0.25) is 0 Å². The minimum Gasteiger partial charge on any atom is -0.388 e. The summed E-state index contributed by atoms with van der Waals surface area (Å²) in [5, 5.41) is 35.4. The van der Waals surface area contributed by atoms with Crippen molar-refractivity contribution in [3.63, 3.8) is 0 Å². The van der Waals surface area contributed by atoms with Gasteiger partial charge in [-0.3, -0.25) is 0 Å². The molecule has 0 aromatic carbocycles. The van der Waals surface area contributed by atoms with Gasteiger partial charge in [-0.05, 0) is 39.7 Å². The molecule has 0 aromatic heterocycles. The van der Waals surface area contributed by atoms with Crippen LogP contribution < -0.4 is 22.5 Å². The molecule has 11 nitrogen and oxygen atoms in total. The standard InChI is InChI=1S/C21H42N4O7/c1-4-11-15(26)20(29-9-21(11,2)28)32-18-14(24)7-13(23)17(16(18)27)31-19-12(22)6-5-10(30-19)8-25-3/h10-20,25-28H,4-9,22-24H2,1-3H3/t10-,11+,12+,13-,14+,15+,16-,17+,18-,19+,20+,21-/m0/s1. The summed E-state index contributed by atoms with van der Waals surface area (Å²) < 4.78 is 23.6. The number of hydrogen-bond donors (Lipinski definition) is 7. The number of ether oxygens (including phenoxy) is 4. The predicted octanol–water partition coefficient (Wildman–Crippen LogP) is -2.28. The topological polar surface area (TPSA) is 188 Å². The first-order valence-corrected chi connectivity index (χ1v) is 11.7. The van der Waals surface area contributed by atoms with Crippen molar-refractivity contribution in [1.29, 1.82) is 0 Å². The lowest BCUT2D eigenvalue weighted by atomic mass is 9.80. The number of hydrogen-bond acceptors (Lipinski definition) is 11. The van der Waals surface area contributed by atoms with Gasteiger partial charge in [0.2, 0.25) is 0 Å². The average Bonchev–Trinajstić information content (AvgIpc) is 2.72. The summed E-state index contributed by atoms with van der Waals surface area (Å²) >= 11 is 0. The fraction of sp³-hybridized carbons (Fsp3) is 1.00. The van der Waals surface area contributed by atoms with Gasteiger partial charge in [0.05, 0.1) is 24.4 Å². The molecule has 3 fully saturated rings. The van der Waals surface area contributed by atoms with Crippen molar-refractivity contribution in [3.05, 3.63) is 0 Å². The molecule has 1 saturated carbocycles. The molecule has 3 aliphatic rings. The molecule has 2 aliphatic heterocycles. The van der Waals surface area contributed by atoms with E-state index >= 15 is 0 Å². The molecule has 10 N–H and O–H groups in total. The fourth-order valence-electron chi connectivity index (χ4n) is 5.15. The number of nitrogens with two attached hydrogens (primary N) is 3. The molecule has 3 rings (SSSR count). The first-order valence-electron chi connectivity index (χ1n) is 11.7. The van der Waals surface area contributed by atoms with Gasteiger partial charge in [-0.15, -0.1) is 0 Å². The van der Waals surface area contributed by atoms with E-state index in [-0.39, 0.29) is 18.8 Å². The van der Waals surface area contributed by atoms with Crippen molar-refractivity contribution in [3.8, 4) is 0 Å². The van der Waals surface area contributed by atoms with E-state index in [4.69, 9.17) is 36.1 Å². The Bertz CT molecular complexity index is 600. The summed E-state index contributed by atoms with van der Waals surface area (Å²) in [5.41, 5.74) is 17.6. The Morgan fingerprint density at radius 3 is 2.22 bits per heavy atom. The van der Waals surface area contributed by atoms with E-state index in [9.17, 15) is 15.3 Å². The molecule has 0 bridgehead atoms. The Labute approximate surface area is 189 Å². The Balaban J connectivity index is 1.67. The Hall–Kier alpha value is -0.440. The Kier molecular flexibility index (Phi) is 8.89. The van der Waals surface area contributed by atoms with Crippen LogP contribution in [0.3, 0.4) is 0 Å². The zero-order valence-electron chi connectivity index (χ0n) is 19.3. The van der Waals surface area contributed by atoms with Crippen LogP contribution in [0.1, 0.15) is 39.5 Å². The van der Waals surface area contributed by atoms with Crippen LogP contribution in [0, 0.1) is 5.92 Å². The number of likely N-dealkylation sites (N-methyl/N-ethyl adjacent to an activating group) is 1. The molecule has 2 heterocycles. The third-order valence-electron chi connectivity index (χ3n) is 7.04. The zero-order valence-corrected chi connectivity index (χ0v) is 19.3. The van der Waals surface area contributed by atoms with Crippen LogP contribution in [0.15, 0.2) is 0 Å². The Morgan fingerprint density at radius 1 is 1.00 bits per heavy atom. The molecule has 11 heteroatoms. The molecule has 0 amide bonds. The van der Waals surface area contributed by atoms with E-state index < -0.39 is 60.6 Å². The minimum atomic E-state index is -1.17. The van der Waals surface area contributed by atoms with Gasteiger partial charge in [-0.25, -0.2) is 0 Å². The minimum absolute atomic E-state index is 0.00233. The van der Waals surface area contributed by atoms with Crippen LogP contribution >= 0.6 is 0 Å². The zero-order chi connectivity index (χ0) is 23.6.